The Balaban J connectivity index is 2.04. The molecule has 1 unspecified atom stereocenters. The Hall–Kier alpha value is -3.42. The highest BCUT2D eigenvalue weighted by Gasteiger charge is 2.17. The molecule has 6 nitrogen and oxygen atoms in total. The summed E-state index contributed by atoms with van der Waals surface area (Å²) >= 11 is 0. The molecule has 0 aliphatic rings. The smallest absolute Gasteiger partial charge is 0.387 e. The number of methoxy groups -OCH3 is 1. The SMILES string of the molecule is COc1cc(/C=C/C(=O)NC(Cc2ccccc2)C(N)=O)ccc1OC(F)F. The van der Waals surface area contributed by atoms with Crippen molar-refractivity contribution in [3.63, 3.8) is 0 Å². The van der Waals surface area contributed by atoms with Gasteiger partial charge in [0.1, 0.15) is 6.04 Å². The summed E-state index contributed by atoms with van der Waals surface area (Å²) in [5.41, 5.74) is 6.74. The van der Waals surface area contributed by atoms with Crippen LogP contribution < -0.4 is 20.5 Å². The van der Waals surface area contributed by atoms with Crippen molar-refractivity contribution in [3.8, 4) is 11.5 Å². The lowest BCUT2D eigenvalue weighted by molar-refractivity contribution is -0.124. The second-order valence-electron chi connectivity index (χ2n) is 5.78. The van der Waals surface area contributed by atoms with Crippen molar-refractivity contribution >= 4 is 17.9 Å². The number of rotatable bonds is 9. The summed E-state index contributed by atoms with van der Waals surface area (Å²) in [5, 5.41) is 2.55. The maximum atomic E-state index is 12.4. The number of benzene rings is 2. The van der Waals surface area contributed by atoms with E-state index in [1.165, 1.54) is 37.5 Å². The average Bonchev–Trinajstić information content (AvgIpc) is 2.67. The highest BCUT2D eigenvalue weighted by Crippen LogP contribution is 2.29. The third kappa shape index (κ3) is 6.39. The monoisotopic (exact) mass is 390 g/mol. The molecular weight excluding hydrogens is 370 g/mol. The van der Waals surface area contributed by atoms with Crippen LogP contribution in [-0.2, 0) is 16.0 Å². The van der Waals surface area contributed by atoms with Crippen molar-refractivity contribution in [3.05, 3.63) is 65.7 Å². The predicted molar refractivity (Wildman–Crippen MR) is 99.9 cm³/mol. The number of ether oxygens (including phenoxy) is 2. The molecular formula is C20H20F2N2O4. The lowest BCUT2D eigenvalue weighted by atomic mass is 10.1. The Bertz CT molecular complexity index is 841. The van der Waals surface area contributed by atoms with Crippen LogP contribution in [-0.4, -0.2) is 31.6 Å². The van der Waals surface area contributed by atoms with Crippen LogP contribution in [0.2, 0.25) is 0 Å². The number of halogens is 2. The number of hydrogen-bond acceptors (Lipinski definition) is 4. The standard InChI is InChI=1S/C20H20F2N2O4/c1-27-17-12-14(7-9-16(17)28-20(21)22)8-10-18(25)24-15(19(23)26)11-13-5-3-2-4-6-13/h2-10,12,15,20H,11H2,1H3,(H2,23,26)(H,24,25)/b10-8+. The number of hydrogen-bond donors (Lipinski definition) is 2. The van der Waals surface area contributed by atoms with Crippen LogP contribution in [0.3, 0.4) is 0 Å². The minimum Gasteiger partial charge on any atom is -0.493 e. The molecule has 0 spiro atoms. The molecule has 0 fully saturated rings. The van der Waals surface area contributed by atoms with Crippen LogP contribution >= 0.6 is 0 Å². The summed E-state index contributed by atoms with van der Waals surface area (Å²) in [6.07, 6.45) is 2.93. The van der Waals surface area contributed by atoms with Crippen LogP contribution in [0.5, 0.6) is 11.5 Å². The molecule has 3 N–H and O–H groups in total. The summed E-state index contributed by atoms with van der Waals surface area (Å²) in [6.45, 7) is -2.98. The maximum Gasteiger partial charge on any atom is 0.387 e. The van der Waals surface area contributed by atoms with E-state index in [1.807, 2.05) is 30.3 Å². The van der Waals surface area contributed by atoms with Crippen LogP contribution in [0, 0.1) is 0 Å². The fourth-order valence-corrected chi connectivity index (χ4v) is 2.45. The first-order valence-electron chi connectivity index (χ1n) is 8.33. The fourth-order valence-electron chi connectivity index (χ4n) is 2.45. The summed E-state index contributed by atoms with van der Waals surface area (Å²) in [5.74, 6) is -1.19. The second-order valence-corrected chi connectivity index (χ2v) is 5.78. The number of carbonyl (C=O) groups excluding carboxylic acids is 2. The molecule has 2 aromatic rings. The molecule has 0 aliphatic heterocycles. The van der Waals surface area contributed by atoms with E-state index in [4.69, 9.17) is 10.5 Å². The van der Waals surface area contributed by atoms with E-state index in [9.17, 15) is 18.4 Å². The van der Waals surface area contributed by atoms with Crippen molar-refractivity contribution in [2.45, 2.75) is 19.1 Å². The quantitative estimate of drug-likeness (QED) is 0.644. The van der Waals surface area contributed by atoms with E-state index in [0.29, 0.717) is 5.56 Å². The molecule has 8 heteroatoms. The predicted octanol–water partition coefficient (Wildman–Crippen LogP) is 2.52. The van der Waals surface area contributed by atoms with Gasteiger partial charge in [0.05, 0.1) is 7.11 Å². The molecule has 2 aromatic carbocycles. The van der Waals surface area contributed by atoms with Crippen LogP contribution in [0.4, 0.5) is 8.78 Å². The van der Waals surface area contributed by atoms with Crippen molar-refractivity contribution in [1.29, 1.82) is 0 Å². The van der Waals surface area contributed by atoms with Crippen LogP contribution in [0.25, 0.3) is 6.08 Å². The Morgan fingerprint density at radius 3 is 2.46 bits per heavy atom. The Morgan fingerprint density at radius 1 is 1.14 bits per heavy atom. The van der Waals surface area contributed by atoms with Crippen molar-refractivity contribution in [2.75, 3.05) is 7.11 Å². The molecule has 28 heavy (non-hydrogen) atoms. The van der Waals surface area contributed by atoms with Gasteiger partial charge in [0.2, 0.25) is 11.8 Å². The lowest BCUT2D eigenvalue weighted by Crippen LogP contribution is -2.45. The van der Waals surface area contributed by atoms with E-state index >= 15 is 0 Å². The largest absolute Gasteiger partial charge is 0.493 e. The second kappa shape index (κ2) is 10.1. The summed E-state index contributed by atoms with van der Waals surface area (Å²) in [7, 11) is 1.31. The number of nitrogens with one attached hydrogen (secondary N) is 1. The summed E-state index contributed by atoms with van der Waals surface area (Å²) in [4.78, 5) is 23.7. The van der Waals surface area contributed by atoms with Gasteiger partial charge in [-0.15, -0.1) is 0 Å². The first-order valence-corrected chi connectivity index (χ1v) is 8.33. The van der Waals surface area contributed by atoms with Gasteiger partial charge in [0, 0.05) is 12.5 Å². The molecule has 148 valence electrons. The van der Waals surface area contributed by atoms with Gasteiger partial charge >= 0.3 is 6.61 Å². The van der Waals surface area contributed by atoms with Crippen molar-refractivity contribution in [2.24, 2.45) is 5.73 Å². The molecule has 0 heterocycles. The van der Waals surface area contributed by atoms with Crippen molar-refractivity contribution in [1.82, 2.24) is 5.32 Å². The minimum absolute atomic E-state index is 0.0990. The lowest BCUT2D eigenvalue weighted by Gasteiger charge is -2.14. The summed E-state index contributed by atoms with van der Waals surface area (Å²) < 4.78 is 34.0. The molecule has 2 rings (SSSR count). The minimum atomic E-state index is -2.98. The molecule has 1 atom stereocenters. The zero-order valence-corrected chi connectivity index (χ0v) is 15.1. The van der Waals surface area contributed by atoms with Crippen molar-refractivity contribution < 1.29 is 27.8 Å². The van der Waals surface area contributed by atoms with Gasteiger partial charge < -0.3 is 20.5 Å². The number of carbonyl (C=O) groups is 2. The van der Waals surface area contributed by atoms with Gasteiger partial charge in [0.15, 0.2) is 11.5 Å². The van der Waals surface area contributed by atoms with E-state index in [-0.39, 0.29) is 17.9 Å². The topological polar surface area (TPSA) is 90.6 Å². The molecule has 2 amide bonds. The number of amides is 2. The van der Waals surface area contributed by atoms with Crippen LogP contribution in [0.15, 0.2) is 54.6 Å². The van der Waals surface area contributed by atoms with Gasteiger partial charge in [-0.05, 0) is 29.3 Å². The molecule has 0 saturated carbocycles. The zero-order chi connectivity index (χ0) is 20.5. The van der Waals surface area contributed by atoms with Gasteiger partial charge in [0.25, 0.3) is 0 Å². The third-order valence-corrected chi connectivity index (χ3v) is 3.77. The summed E-state index contributed by atoms with van der Waals surface area (Å²) in [6, 6.07) is 12.5. The van der Waals surface area contributed by atoms with E-state index in [0.717, 1.165) is 5.56 Å². The zero-order valence-electron chi connectivity index (χ0n) is 15.1. The highest BCUT2D eigenvalue weighted by atomic mass is 19.3. The average molecular weight is 390 g/mol. The first kappa shape index (κ1) is 20.9. The fraction of sp³-hybridized carbons (Fsp3) is 0.200. The number of nitrogens with two attached hydrogens (primary N) is 1. The van der Waals surface area contributed by atoms with Gasteiger partial charge in [-0.1, -0.05) is 36.4 Å². The van der Waals surface area contributed by atoms with Gasteiger partial charge in [-0.2, -0.15) is 8.78 Å². The van der Waals surface area contributed by atoms with E-state index in [2.05, 4.69) is 10.1 Å². The van der Waals surface area contributed by atoms with Crippen LogP contribution in [0.1, 0.15) is 11.1 Å². The number of alkyl halides is 2. The van der Waals surface area contributed by atoms with Gasteiger partial charge in [-0.3, -0.25) is 9.59 Å². The number of primary amides is 1. The molecule has 0 saturated heterocycles. The highest BCUT2D eigenvalue weighted by molar-refractivity contribution is 5.95. The Morgan fingerprint density at radius 2 is 1.86 bits per heavy atom. The third-order valence-electron chi connectivity index (χ3n) is 3.77. The normalized spacial score (nSPS) is 12.0. The molecule has 0 radical (unpaired) electrons. The maximum absolute atomic E-state index is 12.4. The van der Waals surface area contributed by atoms with E-state index in [1.54, 1.807) is 0 Å². The Kier molecular flexibility index (Phi) is 7.50. The first-order chi connectivity index (χ1) is 13.4. The van der Waals surface area contributed by atoms with Gasteiger partial charge in [-0.25, -0.2) is 0 Å². The Labute approximate surface area is 160 Å². The molecule has 0 aliphatic carbocycles. The van der Waals surface area contributed by atoms with E-state index < -0.39 is 24.5 Å². The molecule has 0 aromatic heterocycles. The molecule has 0 bridgehead atoms.